The number of carbonyl (C=O) groups is 1. The van der Waals surface area contributed by atoms with Gasteiger partial charge in [-0.15, -0.1) is 0 Å². The van der Waals surface area contributed by atoms with Crippen LogP contribution < -0.4 is 0 Å². The predicted octanol–water partition coefficient (Wildman–Crippen LogP) is 2.24. The van der Waals surface area contributed by atoms with Gasteiger partial charge in [0.1, 0.15) is 6.42 Å². The van der Waals surface area contributed by atoms with Gasteiger partial charge in [0.2, 0.25) is 5.54 Å². The quantitative estimate of drug-likeness (QED) is 0.589. The third-order valence-corrected chi connectivity index (χ3v) is 3.78. The van der Waals surface area contributed by atoms with E-state index in [0.717, 1.165) is 6.08 Å². The predicted molar refractivity (Wildman–Crippen MR) is 69.3 cm³/mol. The lowest BCUT2D eigenvalue weighted by Gasteiger charge is -2.34. The van der Waals surface area contributed by atoms with Crippen molar-refractivity contribution in [2.24, 2.45) is 5.41 Å². The van der Waals surface area contributed by atoms with E-state index >= 15 is 0 Å². The van der Waals surface area contributed by atoms with Gasteiger partial charge in [0, 0.05) is 24.3 Å². The summed E-state index contributed by atoms with van der Waals surface area (Å²) in [5.74, 6) is -1.24. The van der Waals surface area contributed by atoms with Crippen molar-refractivity contribution < 1.29 is 19.7 Å². The van der Waals surface area contributed by atoms with Crippen molar-refractivity contribution in [1.29, 1.82) is 0 Å². The molecule has 2 unspecified atom stereocenters. The lowest BCUT2D eigenvalue weighted by Crippen LogP contribution is -2.48. The molecule has 0 aromatic carbocycles. The summed E-state index contributed by atoms with van der Waals surface area (Å²) < 4.78 is 0. The number of carboxylic acids is 1. The van der Waals surface area contributed by atoms with Crippen LogP contribution in [-0.2, 0) is 4.79 Å². The van der Waals surface area contributed by atoms with Gasteiger partial charge in [-0.25, -0.2) is 0 Å². The number of unbranched alkanes of at least 4 members (excludes halogenated alkanes) is 1. The third kappa shape index (κ3) is 2.94. The van der Waals surface area contributed by atoms with Crippen molar-refractivity contribution in [2.45, 2.75) is 51.5 Å². The molecule has 0 aromatic rings. The van der Waals surface area contributed by atoms with Gasteiger partial charge in [0.05, 0.1) is 10.3 Å². The third-order valence-electron chi connectivity index (χ3n) is 3.78. The number of nitrogens with zero attached hydrogens (tertiary/aromatic N) is 2. The lowest BCUT2D eigenvalue weighted by molar-refractivity contribution is -0.576. The summed E-state index contributed by atoms with van der Waals surface area (Å²) in [5.41, 5.74) is -3.53. The molecule has 112 valence electrons. The second-order valence-electron chi connectivity index (χ2n) is 5.57. The maximum atomic E-state index is 11.6. The van der Waals surface area contributed by atoms with Crippen molar-refractivity contribution in [3.63, 3.8) is 0 Å². The minimum atomic E-state index is -1.62. The van der Waals surface area contributed by atoms with E-state index in [1.165, 1.54) is 6.92 Å². The Balaban J connectivity index is 3.32. The summed E-state index contributed by atoms with van der Waals surface area (Å²) in [6, 6.07) is 0. The lowest BCUT2D eigenvalue weighted by atomic mass is 9.67. The summed E-state index contributed by atoms with van der Waals surface area (Å²) in [5, 5.41) is 31.6. The molecule has 0 heterocycles. The second kappa shape index (κ2) is 5.56. The highest BCUT2D eigenvalue weighted by atomic mass is 16.6. The second-order valence-corrected chi connectivity index (χ2v) is 5.57. The van der Waals surface area contributed by atoms with Crippen molar-refractivity contribution in [3.8, 4) is 0 Å². The molecule has 1 aliphatic rings. The molecule has 20 heavy (non-hydrogen) atoms. The Morgan fingerprint density at radius 2 is 2.05 bits per heavy atom. The zero-order chi connectivity index (χ0) is 15.6. The van der Waals surface area contributed by atoms with Gasteiger partial charge >= 0.3 is 5.97 Å². The largest absolute Gasteiger partial charge is 0.481 e. The molecule has 0 aliphatic heterocycles. The van der Waals surface area contributed by atoms with E-state index in [-0.39, 0.29) is 25.0 Å². The first-order valence-corrected chi connectivity index (χ1v) is 6.41. The molecule has 0 radical (unpaired) electrons. The van der Waals surface area contributed by atoms with E-state index in [1.54, 1.807) is 0 Å². The van der Waals surface area contributed by atoms with Gasteiger partial charge < -0.3 is 5.11 Å². The van der Waals surface area contributed by atoms with Crippen LogP contribution in [0, 0.1) is 25.6 Å². The van der Waals surface area contributed by atoms with Gasteiger partial charge in [-0.3, -0.25) is 25.0 Å². The highest BCUT2D eigenvalue weighted by Crippen LogP contribution is 2.45. The highest BCUT2D eigenvalue weighted by molar-refractivity contribution is 5.77. The Kier molecular flexibility index (Phi) is 4.46. The van der Waals surface area contributed by atoms with Crippen molar-refractivity contribution in [3.05, 3.63) is 32.0 Å². The minimum absolute atomic E-state index is 0.166. The number of aliphatic carboxylic acids is 1. The Labute approximate surface area is 115 Å². The van der Waals surface area contributed by atoms with Crippen molar-refractivity contribution >= 4 is 5.97 Å². The molecule has 0 saturated carbocycles. The normalized spacial score (nSPS) is 29.6. The molecule has 0 bridgehead atoms. The van der Waals surface area contributed by atoms with E-state index in [2.05, 4.69) is 0 Å². The zero-order valence-corrected chi connectivity index (χ0v) is 11.5. The number of rotatable bonds is 6. The Hall–Kier alpha value is -1.99. The van der Waals surface area contributed by atoms with Gasteiger partial charge in [0.25, 0.3) is 5.70 Å². The summed E-state index contributed by atoms with van der Waals surface area (Å²) in [4.78, 5) is 32.4. The van der Waals surface area contributed by atoms with Crippen molar-refractivity contribution in [1.82, 2.24) is 0 Å². The minimum Gasteiger partial charge on any atom is -0.481 e. The molecule has 1 aliphatic carbocycles. The molecule has 1 rings (SSSR count). The van der Waals surface area contributed by atoms with Gasteiger partial charge in [0.15, 0.2) is 0 Å². The topological polar surface area (TPSA) is 124 Å². The summed E-state index contributed by atoms with van der Waals surface area (Å²) in [7, 11) is 0. The number of nitro groups is 2. The molecule has 8 heteroatoms. The van der Waals surface area contributed by atoms with Gasteiger partial charge in [-0.1, -0.05) is 19.8 Å². The SMILES string of the molecule is CCCCC1(C(=O)O)C=C([N+](=O)[O-])CC(C)([N+](=O)[O-])C1. The van der Waals surface area contributed by atoms with Crippen LogP contribution in [0.2, 0.25) is 0 Å². The highest BCUT2D eigenvalue weighted by Gasteiger charge is 2.55. The molecule has 2 atom stereocenters. The summed E-state index contributed by atoms with van der Waals surface area (Å²) in [6.45, 7) is 3.14. The van der Waals surface area contributed by atoms with E-state index in [0.29, 0.717) is 12.8 Å². The first kappa shape index (κ1) is 16.1. The maximum absolute atomic E-state index is 11.6. The molecule has 0 saturated heterocycles. The van der Waals surface area contributed by atoms with Crippen LogP contribution in [0.1, 0.15) is 46.0 Å². The van der Waals surface area contributed by atoms with Gasteiger partial charge in [-0.05, 0) is 6.42 Å². The standard InChI is InChI=1S/C12H18N2O6/c1-3-4-5-12(10(15)16)7-9(13(17)18)6-11(2,8-12)14(19)20/h7H,3-6,8H2,1-2H3,(H,15,16). The fraction of sp³-hybridized carbons (Fsp3) is 0.750. The van der Waals surface area contributed by atoms with E-state index in [1.807, 2.05) is 6.92 Å². The molecular formula is C12H18N2O6. The Morgan fingerprint density at radius 3 is 2.45 bits per heavy atom. The monoisotopic (exact) mass is 286 g/mol. The van der Waals surface area contributed by atoms with Crippen LogP contribution in [0.5, 0.6) is 0 Å². The number of carboxylic acid groups (broad SMARTS) is 1. The zero-order valence-electron chi connectivity index (χ0n) is 11.5. The van der Waals surface area contributed by atoms with Crippen LogP contribution in [0.15, 0.2) is 11.8 Å². The maximum Gasteiger partial charge on any atom is 0.314 e. The first-order chi connectivity index (χ1) is 9.17. The van der Waals surface area contributed by atoms with Crippen molar-refractivity contribution in [2.75, 3.05) is 0 Å². The molecule has 0 amide bonds. The molecule has 1 N–H and O–H groups in total. The fourth-order valence-corrected chi connectivity index (χ4v) is 2.70. The van der Waals surface area contributed by atoms with E-state index in [9.17, 15) is 30.1 Å². The summed E-state index contributed by atoms with van der Waals surface area (Å²) >= 11 is 0. The first-order valence-electron chi connectivity index (χ1n) is 6.41. The van der Waals surface area contributed by atoms with Crippen LogP contribution in [0.3, 0.4) is 0 Å². The molecular weight excluding hydrogens is 268 g/mol. The smallest absolute Gasteiger partial charge is 0.314 e. The molecule has 0 spiro atoms. The van der Waals surface area contributed by atoms with Crippen LogP contribution in [0.4, 0.5) is 0 Å². The fourth-order valence-electron chi connectivity index (χ4n) is 2.70. The van der Waals surface area contributed by atoms with E-state index in [4.69, 9.17) is 0 Å². The average molecular weight is 286 g/mol. The van der Waals surface area contributed by atoms with E-state index < -0.39 is 26.8 Å². The Morgan fingerprint density at radius 1 is 1.45 bits per heavy atom. The van der Waals surface area contributed by atoms with Crippen LogP contribution in [-0.4, -0.2) is 26.5 Å². The molecule has 0 aromatic heterocycles. The van der Waals surface area contributed by atoms with Crippen LogP contribution in [0.25, 0.3) is 0 Å². The average Bonchev–Trinajstić information content (AvgIpc) is 2.35. The van der Waals surface area contributed by atoms with Gasteiger partial charge in [-0.2, -0.15) is 0 Å². The number of hydrogen-bond donors (Lipinski definition) is 1. The Bertz CT molecular complexity index is 475. The number of hydrogen-bond acceptors (Lipinski definition) is 5. The summed E-state index contributed by atoms with van der Waals surface area (Å²) in [6.07, 6.45) is 1.96. The molecule has 0 fully saturated rings. The molecule has 8 nitrogen and oxygen atoms in total. The van der Waals surface area contributed by atoms with Crippen LogP contribution >= 0.6 is 0 Å².